The molecule has 3 rings (SSSR count). The third-order valence-corrected chi connectivity index (χ3v) is 3.93. The van der Waals surface area contributed by atoms with Crippen LogP contribution in [0.3, 0.4) is 0 Å². The van der Waals surface area contributed by atoms with Crippen LogP contribution in [0.5, 0.6) is 0 Å². The first-order chi connectivity index (χ1) is 12.5. The van der Waals surface area contributed by atoms with Crippen LogP contribution in [-0.4, -0.2) is 31.0 Å². The molecular formula is C17H16N6O3. The van der Waals surface area contributed by atoms with Gasteiger partial charge in [0.1, 0.15) is 12.4 Å². The average molecular weight is 352 g/mol. The Bertz CT molecular complexity index is 912. The van der Waals surface area contributed by atoms with Crippen LogP contribution in [0.4, 0.5) is 11.4 Å². The second-order valence-corrected chi connectivity index (χ2v) is 5.74. The van der Waals surface area contributed by atoms with E-state index in [1.165, 1.54) is 17.1 Å². The van der Waals surface area contributed by atoms with Crippen molar-refractivity contribution in [2.45, 2.75) is 19.4 Å². The number of aromatic nitrogens is 4. The SMILES string of the molecule is Cc1ccc(NC(=O)[C@@H](Cc2ccccc2)n2cnnn2)cc1[N+](=O)[O-]. The molecule has 0 aliphatic heterocycles. The summed E-state index contributed by atoms with van der Waals surface area (Å²) in [5, 5.41) is 24.8. The average Bonchev–Trinajstić information content (AvgIpc) is 3.16. The van der Waals surface area contributed by atoms with Crippen LogP contribution in [-0.2, 0) is 11.2 Å². The molecule has 26 heavy (non-hydrogen) atoms. The highest BCUT2D eigenvalue weighted by atomic mass is 16.6. The van der Waals surface area contributed by atoms with Crippen molar-refractivity contribution in [3.8, 4) is 0 Å². The summed E-state index contributed by atoms with van der Waals surface area (Å²) >= 11 is 0. The molecule has 0 saturated heterocycles. The fourth-order valence-corrected chi connectivity index (χ4v) is 2.56. The fraction of sp³-hybridized carbons (Fsp3) is 0.176. The van der Waals surface area contributed by atoms with Gasteiger partial charge in [0.2, 0.25) is 5.91 Å². The molecule has 1 heterocycles. The van der Waals surface area contributed by atoms with Crippen LogP contribution in [0.15, 0.2) is 54.9 Å². The van der Waals surface area contributed by atoms with Crippen molar-refractivity contribution < 1.29 is 9.72 Å². The van der Waals surface area contributed by atoms with E-state index >= 15 is 0 Å². The van der Waals surface area contributed by atoms with E-state index in [-0.39, 0.29) is 11.6 Å². The van der Waals surface area contributed by atoms with Crippen molar-refractivity contribution in [2.75, 3.05) is 5.32 Å². The second kappa shape index (κ2) is 7.51. The molecule has 1 amide bonds. The van der Waals surface area contributed by atoms with Crippen LogP contribution < -0.4 is 5.32 Å². The zero-order valence-electron chi connectivity index (χ0n) is 13.9. The largest absolute Gasteiger partial charge is 0.324 e. The number of carbonyl (C=O) groups is 1. The number of nitro groups is 1. The van der Waals surface area contributed by atoms with Crippen LogP contribution in [0.2, 0.25) is 0 Å². The number of rotatable bonds is 6. The molecule has 0 radical (unpaired) electrons. The third-order valence-electron chi connectivity index (χ3n) is 3.93. The zero-order valence-corrected chi connectivity index (χ0v) is 13.9. The molecule has 9 heteroatoms. The lowest BCUT2D eigenvalue weighted by Crippen LogP contribution is -2.28. The Morgan fingerprint density at radius 3 is 2.69 bits per heavy atom. The van der Waals surface area contributed by atoms with Crippen molar-refractivity contribution in [2.24, 2.45) is 0 Å². The maximum atomic E-state index is 12.8. The Morgan fingerprint density at radius 2 is 2.04 bits per heavy atom. The minimum atomic E-state index is -0.687. The number of carbonyl (C=O) groups excluding carboxylic acids is 1. The lowest BCUT2D eigenvalue weighted by atomic mass is 10.1. The predicted molar refractivity (Wildman–Crippen MR) is 93.5 cm³/mol. The summed E-state index contributed by atoms with van der Waals surface area (Å²) in [7, 11) is 0. The summed E-state index contributed by atoms with van der Waals surface area (Å²) in [6.07, 6.45) is 1.75. The first kappa shape index (κ1) is 17.2. The molecule has 1 N–H and O–H groups in total. The van der Waals surface area contributed by atoms with Crippen LogP contribution >= 0.6 is 0 Å². The van der Waals surface area contributed by atoms with E-state index in [1.807, 2.05) is 30.3 Å². The third kappa shape index (κ3) is 3.89. The number of hydrogen-bond donors (Lipinski definition) is 1. The molecule has 0 aliphatic carbocycles. The number of tetrazole rings is 1. The number of nitrogens with one attached hydrogen (secondary N) is 1. The van der Waals surface area contributed by atoms with Crippen molar-refractivity contribution in [3.63, 3.8) is 0 Å². The molecule has 0 unspecified atom stereocenters. The van der Waals surface area contributed by atoms with E-state index in [4.69, 9.17) is 0 Å². The van der Waals surface area contributed by atoms with Gasteiger partial charge in [0, 0.05) is 23.7 Å². The van der Waals surface area contributed by atoms with Gasteiger partial charge in [-0.05, 0) is 29.0 Å². The number of amides is 1. The van der Waals surface area contributed by atoms with E-state index in [1.54, 1.807) is 19.1 Å². The number of anilines is 1. The van der Waals surface area contributed by atoms with Crippen LogP contribution in [0, 0.1) is 17.0 Å². The standard InChI is InChI=1S/C17H16N6O3/c1-12-7-8-14(10-15(12)23(25)26)19-17(24)16(22-11-18-20-21-22)9-13-5-3-2-4-6-13/h2-8,10-11,16H,9H2,1H3,(H,19,24)/t16-/m1/s1. The molecule has 0 aliphatic rings. The molecule has 2 aromatic carbocycles. The maximum absolute atomic E-state index is 12.8. The molecule has 9 nitrogen and oxygen atoms in total. The van der Waals surface area contributed by atoms with Gasteiger partial charge in [0.05, 0.1) is 4.92 Å². The van der Waals surface area contributed by atoms with Gasteiger partial charge in [-0.3, -0.25) is 14.9 Å². The van der Waals surface area contributed by atoms with Crippen molar-refractivity contribution >= 4 is 17.3 Å². The van der Waals surface area contributed by atoms with Gasteiger partial charge in [-0.15, -0.1) is 5.10 Å². The number of nitro benzene ring substituents is 1. The number of hydrogen-bond acceptors (Lipinski definition) is 6. The molecule has 3 aromatic rings. The Balaban J connectivity index is 1.84. The van der Waals surface area contributed by atoms with Gasteiger partial charge in [-0.2, -0.15) is 0 Å². The summed E-state index contributed by atoms with van der Waals surface area (Å²) < 4.78 is 1.37. The lowest BCUT2D eigenvalue weighted by molar-refractivity contribution is -0.385. The summed E-state index contributed by atoms with van der Waals surface area (Å²) in [6.45, 7) is 1.64. The molecule has 1 atom stereocenters. The lowest BCUT2D eigenvalue weighted by Gasteiger charge is -2.16. The quantitative estimate of drug-likeness (QED) is 0.537. The van der Waals surface area contributed by atoms with E-state index in [9.17, 15) is 14.9 Å². The van der Waals surface area contributed by atoms with Crippen molar-refractivity contribution in [3.05, 3.63) is 76.1 Å². The van der Waals surface area contributed by atoms with Gasteiger partial charge < -0.3 is 5.32 Å². The van der Waals surface area contributed by atoms with Gasteiger partial charge in [-0.25, -0.2) is 4.68 Å². The summed E-state index contributed by atoms with van der Waals surface area (Å²) in [6, 6.07) is 13.3. The van der Waals surface area contributed by atoms with Crippen LogP contribution in [0.1, 0.15) is 17.2 Å². The smallest absolute Gasteiger partial charge is 0.274 e. The Morgan fingerprint density at radius 1 is 1.27 bits per heavy atom. The summed E-state index contributed by atoms with van der Waals surface area (Å²) in [4.78, 5) is 23.4. The normalized spacial score (nSPS) is 11.7. The van der Waals surface area contributed by atoms with Crippen molar-refractivity contribution in [1.29, 1.82) is 0 Å². The molecule has 0 saturated carbocycles. The second-order valence-electron chi connectivity index (χ2n) is 5.74. The fourth-order valence-electron chi connectivity index (χ4n) is 2.56. The van der Waals surface area contributed by atoms with Gasteiger partial charge in [0.25, 0.3) is 5.69 Å². The van der Waals surface area contributed by atoms with Crippen molar-refractivity contribution in [1.82, 2.24) is 20.2 Å². The molecule has 1 aromatic heterocycles. The number of aryl methyl sites for hydroxylation is 1. The van der Waals surface area contributed by atoms with Gasteiger partial charge in [-0.1, -0.05) is 36.4 Å². The minimum Gasteiger partial charge on any atom is -0.324 e. The molecule has 132 valence electrons. The van der Waals surface area contributed by atoms with Crippen LogP contribution in [0.25, 0.3) is 0 Å². The van der Waals surface area contributed by atoms with E-state index in [2.05, 4.69) is 20.8 Å². The summed E-state index contributed by atoms with van der Waals surface area (Å²) in [5.41, 5.74) is 1.76. The molecule has 0 spiro atoms. The highest BCUT2D eigenvalue weighted by Gasteiger charge is 2.23. The summed E-state index contributed by atoms with van der Waals surface area (Å²) in [5.74, 6) is -0.362. The van der Waals surface area contributed by atoms with Gasteiger partial charge in [0.15, 0.2) is 0 Å². The molecular weight excluding hydrogens is 336 g/mol. The van der Waals surface area contributed by atoms with E-state index < -0.39 is 11.0 Å². The topological polar surface area (TPSA) is 116 Å². The highest BCUT2D eigenvalue weighted by Crippen LogP contribution is 2.23. The zero-order chi connectivity index (χ0) is 18.5. The molecule has 0 fully saturated rings. The number of nitrogens with zero attached hydrogens (tertiary/aromatic N) is 5. The highest BCUT2D eigenvalue weighted by molar-refractivity contribution is 5.94. The van der Waals surface area contributed by atoms with E-state index in [0.717, 1.165) is 5.56 Å². The van der Waals surface area contributed by atoms with Gasteiger partial charge >= 0.3 is 0 Å². The first-order valence-electron chi connectivity index (χ1n) is 7.87. The first-order valence-corrected chi connectivity index (χ1v) is 7.87. The van der Waals surface area contributed by atoms with E-state index in [0.29, 0.717) is 17.7 Å². The minimum absolute atomic E-state index is 0.0511. The number of benzene rings is 2. The molecule has 0 bridgehead atoms. The Hall–Kier alpha value is -3.62. The maximum Gasteiger partial charge on any atom is 0.274 e. The predicted octanol–water partition coefficient (Wildman–Crippen LogP) is 2.31. The Labute approximate surface area is 148 Å². The monoisotopic (exact) mass is 352 g/mol. The Kier molecular flexibility index (Phi) is 4.97.